The third-order valence-corrected chi connectivity index (χ3v) is 3.56. The zero-order valence-corrected chi connectivity index (χ0v) is 9.65. The molecule has 74 valence electrons. The molecule has 1 aliphatic carbocycles. The van der Waals surface area contributed by atoms with Crippen LogP contribution < -0.4 is 0 Å². The Morgan fingerprint density at radius 3 is 2.54 bits per heavy atom. The van der Waals surface area contributed by atoms with Gasteiger partial charge in [-0.2, -0.15) is 0 Å². The normalized spacial score (nSPS) is 25.6. The van der Waals surface area contributed by atoms with Gasteiger partial charge in [-0.25, -0.2) is 0 Å². The highest BCUT2D eigenvalue weighted by Gasteiger charge is 2.33. The smallest absolute Gasteiger partial charge is 0.0113 e. The van der Waals surface area contributed by atoms with Crippen molar-refractivity contribution < 1.29 is 0 Å². The molecule has 0 heterocycles. The largest absolute Gasteiger partial charge is 0.0856 e. The molecule has 0 aromatic rings. The lowest BCUT2D eigenvalue weighted by molar-refractivity contribution is 0.294. The molecule has 0 nitrogen and oxygen atoms in total. The molecule has 0 N–H and O–H groups in total. The molecule has 0 radical (unpaired) electrons. The molecule has 0 bridgehead atoms. The Bertz CT molecular complexity index is 237. The van der Waals surface area contributed by atoms with Crippen LogP contribution in [-0.4, -0.2) is 0 Å². The minimum absolute atomic E-state index is 0.423. The Morgan fingerprint density at radius 2 is 2.15 bits per heavy atom. The van der Waals surface area contributed by atoms with Gasteiger partial charge in [0.05, 0.1) is 0 Å². The van der Waals surface area contributed by atoms with Crippen molar-refractivity contribution in [3.8, 4) is 0 Å². The zero-order valence-electron chi connectivity index (χ0n) is 9.65. The SMILES string of the molecule is CC(C)=CC[C@@H]1CC=C(C)C1(C)C. The van der Waals surface area contributed by atoms with E-state index >= 15 is 0 Å². The van der Waals surface area contributed by atoms with Gasteiger partial charge < -0.3 is 0 Å². The fourth-order valence-corrected chi connectivity index (χ4v) is 1.97. The van der Waals surface area contributed by atoms with Crippen LogP contribution in [0.5, 0.6) is 0 Å². The van der Waals surface area contributed by atoms with Gasteiger partial charge in [0.15, 0.2) is 0 Å². The maximum atomic E-state index is 2.41. The molecule has 0 unspecified atom stereocenters. The molecule has 13 heavy (non-hydrogen) atoms. The average molecular weight is 178 g/mol. The highest BCUT2D eigenvalue weighted by Crippen LogP contribution is 2.44. The van der Waals surface area contributed by atoms with E-state index in [0.717, 1.165) is 5.92 Å². The van der Waals surface area contributed by atoms with Crippen molar-refractivity contribution in [2.45, 2.75) is 47.5 Å². The van der Waals surface area contributed by atoms with Gasteiger partial charge in [0, 0.05) is 0 Å². The maximum absolute atomic E-state index is 2.41. The summed E-state index contributed by atoms with van der Waals surface area (Å²) in [5.41, 5.74) is 3.44. The summed E-state index contributed by atoms with van der Waals surface area (Å²) < 4.78 is 0. The quantitative estimate of drug-likeness (QED) is 0.552. The van der Waals surface area contributed by atoms with E-state index in [0.29, 0.717) is 5.41 Å². The van der Waals surface area contributed by atoms with Crippen LogP contribution in [0.15, 0.2) is 23.3 Å². The summed E-state index contributed by atoms with van der Waals surface area (Å²) in [6.45, 7) is 11.4. The molecule has 0 saturated heterocycles. The third-order valence-electron chi connectivity index (χ3n) is 3.56. The van der Waals surface area contributed by atoms with E-state index in [-0.39, 0.29) is 0 Å². The molecule has 1 rings (SSSR count). The molecule has 1 atom stereocenters. The molecule has 0 heteroatoms. The van der Waals surface area contributed by atoms with Crippen LogP contribution in [0.4, 0.5) is 0 Å². The maximum Gasteiger partial charge on any atom is -0.0113 e. The van der Waals surface area contributed by atoms with E-state index in [4.69, 9.17) is 0 Å². The van der Waals surface area contributed by atoms with Crippen LogP contribution in [0.2, 0.25) is 0 Å². The van der Waals surface area contributed by atoms with Gasteiger partial charge in [0.1, 0.15) is 0 Å². The van der Waals surface area contributed by atoms with Gasteiger partial charge in [-0.3, -0.25) is 0 Å². The monoisotopic (exact) mass is 178 g/mol. The van der Waals surface area contributed by atoms with Crippen molar-refractivity contribution in [2.24, 2.45) is 11.3 Å². The van der Waals surface area contributed by atoms with Crippen molar-refractivity contribution in [2.75, 3.05) is 0 Å². The number of hydrogen-bond acceptors (Lipinski definition) is 0. The predicted octanol–water partition coefficient (Wildman–Crippen LogP) is 4.34. The lowest BCUT2D eigenvalue weighted by atomic mass is 9.76. The van der Waals surface area contributed by atoms with Crippen molar-refractivity contribution >= 4 is 0 Å². The Balaban J connectivity index is 2.61. The van der Waals surface area contributed by atoms with Crippen LogP contribution in [0, 0.1) is 11.3 Å². The fraction of sp³-hybridized carbons (Fsp3) is 0.692. The molecule has 0 fully saturated rings. The molecule has 0 amide bonds. The second-order valence-electron chi connectivity index (χ2n) is 5.06. The van der Waals surface area contributed by atoms with Crippen LogP contribution in [0.25, 0.3) is 0 Å². The highest BCUT2D eigenvalue weighted by molar-refractivity contribution is 5.19. The van der Waals surface area contributed by atoms with Crippen molar-refractivity contribution in [3.05, 3.63) is 23.3 Å². The summed E-state index contributed by atoms with van der Waals surface area (Å²) in [4.78, 5) is 0. The first-order chi connectivity index (χ1) is 5.94. The van der Waals surface area contributed by atoms with Crippen LogP contribution in [-0.2, 0) is 0 Å². The first-order valence-electron chi connectivity index (χ1n) is 5.25. The number of hydrogen-bond donors (Lipinski definition) is 0. The van der Waals surface area contributed by atoms with Crippen LogP contribution in [0.1, 0.15) is 47.5 Å². The summed E-state index contributed by atoms with van der Waals surface area (Å²) in [5, 5.41) is 0. The van der Waals surface area contributed by atoms with Crippen LogP contribution >= 0.6 is 0 Å². The molecule has 0 aromatic heterocycles. The first-order valence-corrected chi connectivity index (χ1v) is 5.25. The second-order valence-corrected chi connectivity index (χ2v) is 5.06. The Morgan fingerprint density at radius 1 is 1.54 bits per heavy atom. The fourth-order valence-electron chi connectivity index (χ4n) is 1.97. The summed E-state index contributed by atoms with van der Waals surface area (Å²) in [6, 6.07) is 0. The van der Waals surface area contributed by atoms with Gasteiger partial charge in [0.25, 0.3) is 0 Å². The van der Waals surface area contributed by atoms with Crippen molar-refractivity contribution in [3.63, 3.8) is 0 Å². The van der Waals surface area contributed by atoms with Gasteiger partial charge in [-0.15, -0.1) is 0 Å². The molecule has 0 aromatic carbocycles. The Hall–Kier alpha value is -0.520. The van der Waals surface area contributed by atoms with Crippen molar-refractivity contribution in [1.82, 2.24) is 0 Å². The van der Waals surface area contributed by atoms with E-state index in [9.17, 15) is 0 Å². The summed E-state index contributed by atoms with van der Waals surface area (Å²) in [5.74, 6) is 0.822. The minimum Gasteiger partial charge on any atom is -0.0856 e. The predicted molar refractivity (Wildman–Crippen MR) is 59.7 cm³/mol. The van der Waals surface area contributed by atoms with E-state index in [2.05, 4.69) is 46.8 Å². The number of allylic oxidation sites excluding steroid dienone is 4. The lowest BCUT2D eigenvalue weighted by Crippen LogP contribution is -2.19. The Kier molecular flexibility index (Phi) is 3.00. The van der Waals surface area contributed by atoms with Crippen LogP contribution in [0.3, 0.4) is 0 Å². The first kappa shape index (κ1) is 10.6. The second kappa shape index (κ2) is 3.69. The van der Waals surface area contributed by atoms with E-state index in [1.54, 1.807) is 5.57 Å². The van der Waals surface area contributed by atoms with Gasteiger partial charge >= 0.3 is 0 Å². The Labute approximate surface area is 82.7 Å². The van der Waals surface area contributed by atoms with E-state index in [1.807, 2.05) is 0 Å². The molecule has 0 saturated carbocycles. The van der Waals surface area contributed by atoms with Gasteiger partial charge in [-0.1, -0.05) is 37.1 Å². The molecule has 0 aliphatic heterocycles. The summed E-state index contributed by atoms with van der Waals surface area (Å²) in [7, 11) is 0. The lowest BCUT2D eigenvalue weighted by Gasteiger charge is -2.29. The standard InChI is InChI=1S/C13H22/c1-10(2)6-8-12-9-7-11(3)13(12,4)5/h6-7,12H,8-9H2,1-5H3/t12-/m1/s1. The summed E-state index contributed by atoms with van der Waals surface area (Å²) in [6.07, 6.45) is 7.29. The van der Waals surface area contributed by atoms with E-state index in [1.165, 1.54) is 18.4 Å². The minimum atomic E-state index is 0.423. The summed E-state index contributed by atoms with van der Waals surface area (Å²) >= 11 is 0. The third kappa shape index (κ3) is 2.24. The van der Waals surface area contributed by atoms with Crippen molar-refractivity contribution in [1.29, 1.82) is 0 Å². The highest BCUT2D eigenvalue weighted by atomic mass is 14.4. The average Bonchev–Trinajstić information content (AvgIpc) is 2.25. The molecule has 1 aliphatic rings. The molecule has 0 spiro atoms. The topological polar surface area (TPSA) is 0 Å². The zero-order chi connectivity index (χ0) is 10.1. The van der Waals surface area contributed by atoms with E-state index < -0.39 is 0 Å². The number of rotatable bonds is 2. The van der Waals surface area contributed by atoms with Gasteiger partial charge in [0.2, 0.25) is 0 Å². The molecular weight excluding hydrogens is 156 g/mol. The molecular formula is C13H22. The van der Waals surface area contributed by atoms with Gasteiger partial charge in [-0.05, 0) is 44.9 Å².